The molecular weight excluding hydrogens is 386 g/mol. The number of carbonyl (C=O) groups is 2. The number of non-ortho nitro benzene ring substituents is 1. The summed E-state index contributed by atoms with van der Waals surface area (Å²) in [7, 11) is 0. The summed E-state index contributed by atoms with van der Waals surface area (Å²) in [4.78, 5) is 39.3. The van der Waals surface area contributed by atoms with E-state index in [-0.39, 0.29) is 17.2 Å². The Balaban J connectivity index is 1.48. The molecule has 0 radical (unpaired) electrons. The maximum Gasteiger partial charge on any atom is 0.270 e. The van der Waals surface area contributed by atoms with Crippen LogP contribution in [-0.4, -0.2) is 38.9 Å². The monoisotopic (exact) mass is 409 g/mol. The second-order valence-electron chi connectivity index (χ2n) is 6.95. The van der Waals surface area contributed by atoms with Crippen molar-refractivity contribution in [3.05, 3.63) is 70.0 Å². The number of nitro benzene ring substituents is 1. The van der Waals surface area contributed by atoms with Crippen LogP contribution in [-0.2, 0) is 11.3 Å². The van der Waals surface area contributed by atoms with Crippen molar-refractivity contribution in [3.8, 4) is 0 Å². The van der Waals surface area contributed by atoms with Gasteiger partial charge in [0.1, 0.15) is 11.9 Å². The first-order valence-corrected chi connectivity index (χ1v) is 9.61. The lowest BCUT2D eigenvalue weighted by molar-refractivity contribution is -0.384. The third-order valence-corrected chi connectivity index (χ3v) is 4.76. The van der Waals surface area contributed by atoms with E-state index in [1.54, 1.807) is 6.92 Å². The van der Waals surface area contributed by atoms with E-state index in [1.807, 2.05) is 31.2 Å². The predicted molar refractivity (Wildman–Crippen MR) is 112 cm³/mol. The van der Waals surface area contributed by atoms with Crippen LogP contribution >= 0.6 is 0 Å². The highest BCUT2D eigenvalue weighted by molar-refractivity contribution is 5.97. The topological polar surface area (TPSA) is 119 Å². The highest BCUT2D eigenvalue weighted by Crippen LogP contribution is 2.16. The molecule has 0 aliphatic heterocycles. The van der Waals surface area contributed by atoms with E-state index in [4.69, 9.17) is 0 Å². The molecular formula is C21H23N5O4. The molecule has 2 N–H and O–H groups in total. The van der Waals surface area contributed by atoms with Crippen LogP contribution in [0.1, 0.15) is 29.5 Å². The summed E-state index contributed by atoms with van der Waals surface area (Å²) in [6.07, 6.45) is 0.707. The molecule has 3 aromatic rings. The van der Waals surface area contributed by atoms with Gasteiger partial charge >= 0.3 is 0 Å². The fraction of sp³-hybridized carbons (Fsp3) is 0.286. The SMILES string of the molecule is Cc1nc2ccccc2n1CCCNC(=O)C(C)NC(=O)c1cccc([N+](=O)[O-])c1. The number of rotatable bonds is 8. The van der Waals surface area contributed by atoms with Crippen LogP contribution in [0.3, 0.4) is 0 Å². The zero-order chi connectivity index (χ0) is 21.7. The zero-order valence-corrected chi connectivity index (χ0v) is 16.8. The van der Waals surface area contributed by atoms with Gasteiger partial charge in [0.2, 0.25) is 5.91 Å². The fourth-order valence-electron chi connectivity index (χ4n) is 3.19. The molecule has 9 nitrogen and oxygen atoms in total. The van der Waals surface area contributed by atoms with Crippen molar-refractivity contribution in [2.24, 2.45) is 0 Å². The van der Waals surface area contributed by atoms with Crippen LogP contribution in [0.15, 0.2) is 48.5 Å². The van der Waals surface area contributed by atoms with Crippen molar-refractivity contribution in [1.29, 1.82) is 0 Å². The maximum atomic E-state index is 12.3. The van der Waals surface area contributed by atoms with E-state index in [0.29, 0.717) is 19.5 Å². The summed E-state index contributed by atoms with van der Waals surface area (Å²) in [6.45, 7) is 4.67. The maximum absolute atomic E-state index is 12.3. The van der Waals surface area contributed by atoms with Crippen LogP contribution in [0.4, 0.5) is 5.69 Å². The van der Waals surface area contributed by atoms with Gasteiger partial charge in [-0.05, 0) is 38.5 Å². The quantitative estimate of drug-likeness (QED) is 0.337. The number of nitrogens with zero attached hydrogens (tertiary/aromatic N) is 3. The van der Waals surface area contributed by atoms with Crippen LogP contribution < -0.4 is 10.6 Å². The Kier molecular flexibility index (Phi) is 6.41. The van der Waals surface area contributed by atoms with Crippen molar-refractivity contribution in [2.75, 3.05) is 6.54 Å². The van der Waals surface area contributed by atoms with Crippen molar-refractivity contribution in [3.63, 3.8) is 0 Å². The van der Waals surface area contributed by atoms with Crippen LogP contribution in [0.25, 0.3) is 11.0 Å². The molecule has 1 heterocycles. The van der Waals surface area contributed by atoms with E-state index in [0.717, 1.165) is 16.9 Å². The van der Waals surface area contributed by atoms with E-state index in [2.05, 4.69) is 20.2 Å². The summed E-state index contributed by atoms with van der Waals surface area (Å²) in [5, 5.41) is 16.2. The van der Waals surface area contributed by atoms with Gasteiger partial charge in [0.15, 0.2) is 0 Å². The molecule has 1 unspecified atom stereocenters. The molecule has 1 atom stereocenters. The van der Waals surface area contributed by atoms with Gasteiger partial charge in [-0.3, -0.25) is 19.7 Å². The van der Waals surface area contributed by atoms with Gasteiger partial charge in [0.25, 0.3) is 11.6 Å². The molecule has 3 rings (SSSR count). The van der Waals surface area contributed by atoms with E-state index in [9.17, 15) is 19.7 Å². The minimum absolute atomic E-state index is 0.131. The molecule has 2 aromatic carbocycles. The van der Waals surface area contributed by atoms with Crippen molar-refractivity contribution < 1.29 is 14.5 Å². The number of amides is 2. The van der Waals surface area contributed by atoms with Crippen molar-refractivity contribution in [1.82, 2.24) is 20.2 Å². The summed E-state index contributed by atoms with van der Waals surface area (Å²) in [6, 6.07) is 12.5. The second kappa shape index (κ2) is 9.17. The second-order valence-corrected chi connectivity index (χ2v) is 6.95. The Hall–Kier alpha value is -3.75. The summed E-state index contributed by atoms with van der Waals surface area (Å²) in [5.41, 5.74) is 1.95. The number of benzene rings is 2. The average Bonchev–Trinajstić information content (AvgIpc) is 3.06. The van der Waals surface area contributed by atoms with Gasteiger partial charge < -0.3 is 15.2 Å². The van der Waals surface area contributed by atoms with Gasteiger partial charge in [-0.1, -0.05) is 18.2 Å². The van der Waals surface area contributed by atoms with Gasteiger partial charge in [-0.25, -0.2) is 4.98 Å². The fourth-order valence-corrected chi connectivity index (χ4v) is 3.19. The largest absolute Gasteiger partial charge is 0.354 e. The van der Waals surface area contributed by atoms with E-state index >= 15 is 0 Å². The Morgan fingerprint density at radius 2 is 1.97 bits per heavy atom. The molecule has 0 aliphatic carbocycles. The minimum atomic E-state index is -0.771. The number of para-hydroxylation sites is 2. The van der Waals surface area contributed by atoms with E-state index < -0.39 is 16.9 Å². The smallest absolute Gasteiger partial charge is 0.270 e. The molecule has 0 saturated carbocycles. The number of hydrogen-bond acceptors (Lipinski definition) is 5. The zero-order valence-electron chi connectivity index (χ0n) is 16.8. The van der Waals surface area contributed by atoms with Crippen LogP contribution in [0, 0.1) is 17.0 Å². The number of nitro groups is 1. The van der Waals surface area contributed by atoms with Crippen LogP contribution in [0.2, 0.25) is 0 Å². The van der Waals surface area contributed by atoms with Gasteiger partial charge in [0.05, 0.1) is 16.0 Å². The number of aryl methyl sites for hydroxylation is 2. The highest BCUT2D eigenvalue weighted by Gasteiger charge is 2.18. The molecule has 1 aromatic heterocycles. The molecule has 0 bridgehead atoms. The van der Waals surface area contributed by atoms with Crippen molar-refractivity contribution >= 4 is 28.5 Å². The molecule has 156 valence electrons. The third-order valence-electron chi connectivity index (χ3n) is 4.76. The molecule has 0 saturated heterocycles. The summed E-state index contributed by atoms with van der Waals surface area (Å²) >= 11 is 0. The Morgan fingerprint density at radius 1 is 1.20 bits per heavy atom. The number of hydrogen-bond donors (Lipinski definition) is 2. The number of nitrogens with one attached hydrogen (secondary N) is 2. The lowest BCUT2D eigenvalue weighted by Gasteiger charge is -2.14. The van der Waals surface area contributed by atoms with E-state index in [1.165, 1.54) is 24.3 Å². The molecule has 9 heteroatoms. The predicted octanol–water partition coefficient (Wildman–Crippen LogP) is 2.58. The average molecular weight is 409 g/mol. The highest BCUT2D eigenvalue weighted by atomic mass is 16.6. The first kappa shape index (κ1) is 21.0. The lowest BCUT2D eigenvalue weighted by atomic mass is 10.1. The third kappa shape index (κ3) is 4.80. The minimum Gasteiger partial charge on any atom is -0.354 e. The Bertz CT molecular complexity index is 1090. The number of fused-ring (bicyclic) bond motifs is 1. The van der Waals surface area contributed by atoms with Gasteiger partial charge in [-0.15, -0.1) is 0 Å². The lowest BCUT2D eigenvalue weighted by Crippen LogP contribution is -2.45. The first-order valence-electron chi connectivity index (χ1n) is 9.61. The normalized spacial score (nSPS) is 11.8. The number of imidazole rings is 1. The summed E-state index contributed by atoms with van der Waals surface area (Å²) in [5.74, 6) is 0.0583. The molecule has 0 fully saturated rings. The number of carbonyl (C=O) groups excluding carboxylic acids is 2. The summed E-state index contributed by atoms with van der Waals surface area (Å²) < 4.78 is 2.11. The van der Waals surface area contributed by atoms with Gasteiger partial charge in [-0.2, -0.15) is 0 Å². The van der Waals surface area contributed by atoms with Crippen molar-refractivity contribution in [2.45, 2.75) is 32.9 Å². The molecule has 30 heavy (non-hydrogen) atoms. The number of aromatic nitrogens is 2. The Morgan fingerprint density at radius 3 is 2.73 bits per heavy atom. The van der Waals surface area contributed by atoms with Crippen LogP contribution in [0.5, 0.6) is 0 Å². The Labute approximate surface area is 173 Å². The van der Waals surface area contributed by atoms with Gasteiger partial charge in [0, 0.05) is 30.8 Å². The molecule has 0 aliphatic rings. The standard InChI is InChI=1S/C21H23N5O4/c1-14(23-21(28)16-7-5-8-17(13-16)26(29)30)20(27)22-11-6-12-25-15(2)24-18-9-3-4-10-19(18)25/h3-5,7-10,13-14H,6,11-12H2,1-2H3,(H,22,27)(H,23,28). The first-order chi connectivity index (χ1) is 14.4. The molecule has 0 spiro atoms. The molecule has 2 amide bonds.